The van der Waals surface area contributed by atoms with Crippen LogP contribution in [0, 0.1) is 11.6 Å². The number of hydrogen-bond donors (Lipinski definition) is 1. The highest BCUT2D eigenvalue weighted by Gasteiger charge is 2.34. The number of hydrogen-bond acceptors (Lipinski definition) is 5. The molecule has 6 nitrogen and oxygen atoms in total. The number of rotatable bonds is 5. The highest BCUT2D eigenvalue weighted by atomic mass is 19.1. The van der Waals surface area contributed by atoms with E-state index in [0.29, 0.717) is 0 Å². The fraction of sp³-hybridized carbons (Fsp3) is 0.435. The van der Waals surface area contributed by atoms with Crippen LogP contribution in [0.4, 0.5) is 13.6 Å². The highest BCUT2D eigenvalue weighted by molar-refractivity contribution is 5.68. The van der Waals surface area contributed by atoms with Gasteiger partial charge in [0.15, 0.2) is 11.6 Å². The fourth-order valence-corrected chi connectivity index (χ4v) is 3.18. The summed E-state index contributed by atoms with van der Waals surface area (Å²) in [5, 5.41) is 10.6. The number of amides is 1. The smallest absolute Gasteiger partial charge is 0.410 e. The molecular formula is C23H27F2NO5. The number of ether oxygens (including phenoxy) is 3. The maximum atomic E-state index is 14.7. The molecule has 31 heavy (non-hydrogen) atoms. The number of aliphatic hydroxyl groups excluding tert-OH is 1. The fourth-order valence-electron chi connectivity index (χ4n) is 3.18. The van der Waals surface area contributed by atoms with Crippen LogP contribution in [-0.4, -0.2) is 47.5 Å². The first-order chi connectivity index (χ1) is 14.6. The summed E-state index contributed by atoms with van der Waals surface area (Å²) in [6, 6.07) is 10.9. The third-order valence-electron chi connectivity index (χ3n) is 4.70. The standard InChI is InChI=1S/C23H27F2NO5/c1-23(2,3)31-22(28)26-9-10-29-20(13-26)21(27)16-11-18(25)19(12-17(16)24)30-14-15-7-5-4-6-8-15/h4-8,11-12,20-21,27H,9-10,13-14H2,1-3H3. The Morgan fingerprint density at radius 2 is 1.94 bits per heavy atom. The van der Waals surface area contributed by atoms with Gasteiger partial charge in [-0.1, -0.05) is 30.3 Å². The molecular weight excluding hydrogens is 408 g/mol. The van der Waals surface area contributed by atoms with Gasteiger partial charge in [0, 0.05) is 18.2 Å². The summed E-state index contributed by atoms with van der Waals surface area (Å²) in [7, 11) is 0. The zero-order valence-corrected chi connectivity index (χ0v) is 17.8. The van der Waals surface area contributed by atoms with Crippen molar-refractivity contribution in [3.8, 4) is 5.75 Å². The number of nitrogens with zero attached hydrogens (tertiary/aromatic N) is 1. The Balaban J connectivity index is 1.68. The van der Waals surface area contributed by atoms with E-state index in [1.165, 1.54) is 4.90 Å². The van der Waals surface area contributed by atoms with Crippen LogP contribution in [0.3, 0.4) is 0 Å². The maximum Gasteiger partial charge on any atom is 0.410 e. The zero-order valence-electron chi connectivity index (χ0n) is 17.8. The molecule has 1 fully saturated rings. The lowest BCUT2D eigenvalue weighted by molar-refractivity contribution is -0.0916. The van der Waals surface area contributed by atoms with E-state index in [4.69, 9.17) is 14.2 Å². The minimum absolute atomic E-state index is 0.0105. The van der Waals surface area contributed by atoms with Gasteiger partial charge in [-0.3, -0.25) is 0 Å². The Kier molecular flexibility index (Phi) is 7.12. The molecule has 2 aromatic carbocycles. The normalized spacial score (nSPS) is 17.9. The van der Waals surface area contributed by atoms with Crippen molar-refractivity contribution < 1.29 is 32.9 Å². The van der Waals surface area contributed by atoms with E-state index in [1.807, 2.05) is 30.3 Å². The molecule has 3 rings (SSSR count). The maximum absolute atomic E-state index is 14.7. The minimum atomic E-state index is -1.47. The molecule has 0 bridgehead atoms. The van der Waals surface area contributed by atoms with Crippen LogP contribution in [0.25, 0.3) is 0 Å². The number of carbonyl (C=O) groups is 1. The van der Waals surface area contributed by atoms with Crippen molar-refractivity contribution in [1.82, 2.24) is 4.90 Å². The largest absolute Gasteiger partial charge is 0.486 e. The predicted molar refractivity (Wildman–Crippen MR) is 110 cm³/mol. The van der Waals surface area contributed by atoms with E-state index >= 15 is 0 Å². The van der Waals surface area contributed by atoms with Gasteiger partial charge in [0.05, 0.1) is 13.2 Å². The Labute approximate surface area is 180 Å². The van der Waals surface area contributed by atoms with Gasteiger partial charge in [0.25, 0.3) is 0 Å². The van der Waals surface area contributed by atoms with Gasteiger partial charge in [0.2, 0.25) is 0 Å². The Morgan fingerprint density at radius 1 is 1.23 bits per heavy atom. The molecule has 1 aliphatic rings. The lowest BCUT2D eigenvalue weighted by Crippen LogP contribution is -2.49. The van der Waals surface area contributed by atoms with Crippen LogP contribution < -0.4 is 4.74 Å². The highest BCUT2D eigenvalue weighted by Crippen LogP contribution is 2.30. The first kappa shape index (κ1) is 23.0. The van der Waals surface area contributed by atoms with Gasteiger partial charge in [-0.25, -0.2) is 13.6 Å². The second kappa shape index (κ2) is 9.62. The van der Waals surface area contributed by atoms with Crippen LogP contribution in [0.15, 0.2) is 42.5 Å². The molecule has 1 heterocycles. The minimum Gasteiger partial charge on any atom is -0.486 e. The summed E-state index contributed by atoms with van der Waals surface area (Å²) >= 11 is 0. The zero-order chi connectivity index (χ0) is 22.6. The van der Waals surface area contributed by atoms with Crippen molar-refractivity contribution in [3.05, 3.63) is 65.2 Å². The second-order valence-corrected chi connectivity index (χ2v) is 8.36. The van der Waals surface area contributed by atoms with Gasteiger partial charge in [-0.15, -0.1) is 0 Å². The average molecular weight is 435 g/mol. The molecule has 0 saturated carbocycles. The lowest BCUT2D eigenvalue weighted by Gasteiger charge is -2.36. The van der Waals surface area contributed by atoms with E-state index in [0.717, 1.165) is 17.7 Å². The second-order valence-electron chi connectivity index (χ2n) is 8.36. The first-order valence-electron chi connectivity index (χ1n) is 10.1. The summed E-state index contributed by atoms with van der Waals surface area (Å²) in [4.78, 5) is 13.7. The summed E-state index contributed by atoms with van der Waals surface area (Å²) in [6.45, 7) is 5.73. The van der Waals surface area contributed by atoms with Crippen molar-refractivity contribution in [2.45, 2.75) is 45.2 Å². The van der Waals surface area contributed by atoms with Crippen LogP contribution in [0.5, 0.6) is 5.75 Å². The Hall–Kier alpha value is -2.71. The molecule has 168 valence electrons. The Morgan fingerprint density at radius 3 is 2.61 bits per heavy atom. The molecule has 2 atom stereocenters. The summed E-state index contributed by atoms with van der Waals surface area (Å²) < 4.78 is 45.4. The summed E-state index contributed by atoms with van der Waals surface area (Å²) in [5.41, 5.74) is -0.126. The molecule has 0 radical (unpaired) electrons. The predicted octanol–water partition coefficient (Wildman–Crippen LogP) is 4.21. The van der Waals surface area contributed by atoms with Gasteiger partial charge >= 0.3 is 6.09 Å². The molecule has 1 amide bonds. The van der Waals surface area contributed by atoms with Crippen molar-refractivity contribution in [3.63, 3.8) is 0 Å². The first-order valence-corrected chi connectivity index (χ1v) is 10.1. The van der Waals surface area contributed by atoms with Crippen LogP contribution in [0.1, 0.15) is 38.0 Å². The van der Waals surface area contributed by atoms with Crippen LogP contribution in [-0.2, 0) is 16.1 Å². The third-order valence-corrected chi connectivity index (χ3v) is 4.70. The van der Waals surface area contributed by atoms with Gasteiger partial charge in [-0.05, 0) is 32.4 Å². The summed E-state index contributed by atoms with van der Waals surface area (Å²) in [6.07, 6.45) is -2.95. The third kappa shape index (κ3) is 6.15. The molecule has 1 N–H and O–H groups in total. The van der Waals surface area contributed by atoms with Gasteiger partial charge in [-0.2, -0.15) is 0 Å². The van der Waals surface area contributed by atoms with Crippen LogP contribution in [0.2, 0.25) is 0 Å². The van der Waals surface area contributed by atoms with E-state index in [1.54, 1.807) is 20.8 Å². The van der Waals surface area contributed by atoms with Crippen molar-refractivity contribution in [2.24, 2.45) is 0 Å². The van der Waals surface area contributed by atoms with Gasteiger partial charge < -0.3 is 24.2 Å². The summed E-state index contributed by atoms with van der Waals surface area (Å²) in [5.74, 6) is -1.88. The molecule has 0 spiro atoms. The molecule has 2 unspecified atom stereocenters. The van der Waals surface area contributed by atoms with E-state index in [9.17, 15) is 18.7 Å². The number of benzene rings is 2. The number of aliphatic hydroxyl groups is 1. The molecule has 2 aromatic rings. The molecule has 1 aliphatic heterocycles. The van der Waals surface area contributed by atoms with Crippen molar-refractivity contribution in [1.29, 1.82) is 0 Å². The van der Waals surface area contributed by atoms with Crippen molar-refractivity contribution >= 4 is 6.09 Å². The average Bonchev–Trinajstić information content (AvgIpc) is 2.73. The topological polar surface area (TPSA) is 68.2 Å². The number of halogens is 2. The monoisotopic (exact) mass is 435 g/mol. The SMILES string of the molecule is CC(C)(C)OC(=O)N1CCOC(C(O)c2cc(F)c(OCc3ccccc3)cc2F)C1. The number of morpholine rings is 1. The van der Waals surface area contributed by atoms with E-state index < -0.39 is 35.5 Å². The van der Waals surface area contributed by atoms with Crippen molar-refractivity contribution in [2.75, 3.05) is 19.7 Å². The molecule has 0 aromatic heterocycles. The molecule has 0 aliphatic carbocycles. The number of carbonyl (C=O) groups excluding carboxylic acids is 1. The lowest BCUT2D eigenvalue weighted by atomic mass is 10.0. The molecule has 1 saturated heterocycles. The van der Waals surface area contributed by atoms with Crippen LogP contribution >= 0.6 is 0 Å². The quantitative estimate of drug-likeness (QED) is 0.762. The van der Waals surface area contributed by atoms with Gasteiger partial charge in [0.1, 0.15) is 30.2 Å². The Bertz CT molecular complexity index is 901. The van der Waals surface area contributed by atoms with E-state index in [2.05, 4.69) is 0 Å². The molecule has 8 heteroatoms. The van der Waals surface area contributed by atoms with E-state index in [-0.39, 0.29) is 37.6 Å².